The topological polar surface area (TPSA) is 20.2 Å². The maximum Gasteiger partial charge on any atom is 0.101 e. The molecular formula is C12H15IO. The summed E-state index contributed by atoms with van der Waals surface area (Å²) in [6.45, 7) is 0. The van der Waals surface area contributed by atoms with E-state index in [1.165, 1.54) is 6.42 Å². The highest BCUT2D eigenvalue weighted by molar-refractivity contribution is 14.1. The van der Waals surface area contributed by atoms with Crippen molar-refractivity contribution < 1.29 is 5.11 Å². The molecule has 0 bridgehead atoms. The molecule has 2 heteroatoms. The largest absolute Gasteiger partial charge is 0.384 e. The van der Waals surface area contributed by atoms with Gasteiger partial charge in [-0.1, -0.05) is 65.8 Å². The number of hydrogen-bond donors (Lipinski definition) is 1. The van der Waals surface area contributed by atoms with Crippen molar-refractivity contribution in [3.63, 3.8) is 0 Å². The summed E-state index contributed by atoms with van der Waals surface area (Å²) < 4.78 is 0.358. The SMILES string of the molecule is O[C@@]1(c2ccccc2)CCCC[C@@H]1I. The fourth-order valence-electron chi connectivity index (χ4n) is 2.17. The van der Waals surface area contributed by atoms with Crippen LogP contribution in [0.25, 0.3) is 0 Å². The van der Waals surface area contributed by atoms with E-state index in [4.69, 9.17) is 0 Å². The van der Waals surface area contributed by atoms with Gasteiger partial charge >= 0.3 is 0 Å². The van der Waals surface area contributed by atoms with E-state index in [1.807, 2.05) is 30.3 Å². The molecule has 0 aromatic heterocycles. The predicted molar refractivity (Wildman–Crippen MR) is 66.6 cm³/mol. The first-order valence-electron chi connectivity index (χ1n) is 5.15. The van der Waals surface area contributed by atoms with Crippen LogP contribution in [0.15, 0.2) is 30.3 Å². The molecule has 0 aliphatic heterocycles. The van der Waals surface area contributed by atoms with E-state index in [1.54, 1.807) is 0 Å². The van der Waals surface area contributed by atoms with Gasteiger partial charge in [-0.15, -0.1) is 0 Å². The first-order chi connectivity index (χ1) is 6.73. The average Bonchev–Trinajstić information content (AvgIpc) is 2.24. The van der Waals surface area contributed by atoms with Crippen molar-refractivity contribution in [2.75, 3.05) is 0 Å². The molecule has 76 valence electrons. The van der Waals surface area contributed by atoms with Crippen LogP contribution in [0.5, 0.6) is 0 Å². The molecule has 1 aliphatic carbocycles. The minimum absolute atomic E-state index is 0.358. The Morgan fingerprint density at radius 2 is 1.93 bits per heavy atom. The van der Waals surface area contributed by atoms with Crippen molar-refractivity contribution in [1.82, 2.24) is 0 Å². The smallest absolute Gasteiger partial charge is 0.101 e. The molecule has 0 heterocycles. The summed E-state index contributed by atoms with van der Waals surface area (Å²) in [5, 5.41) is 10.6. The summed E-state index contributed by atoms with van der Waals surface area (Å²) in [7, 11) is 0. The molecule has 1 aromatic rings. The number of hydrogen-bond acceptors (Lipinski definition) is 1. The van der Waals surface area contributed by atoms with Gasteiger partial charge in [-0.3, -0.25) is 0 Å². The standard InChI is InChI=1S/C12H15IO/c13-11-8-4-5-9-12(11,14)10-6-2-1-3-7-10/h1-3,6-7,11,14H,4-5,8-9H2/t11-,12+/m0/s1. The van der Waals surface area contributed by atoms with Gasteiger partial charge in [-0.25, -0.2) is 0 Å². The maximum absolute atomic E-state index is 10.6. The molecular weight excluding hydrogens is 287 g/mol. The third kappa shape index (κ3) is 1.82. The Kier molecular flexibility index (Phi) is 3.12. The molecule has 14 heavy (non-hydrogen) atoms. The van der Waals surface area contributed by atoms with Crippen molar-refractivity contribution in [1.29, 1.82) is 0 Å². The first kappa shape index (κ1) is 10.4. The van der Waals surface area contributed by atoms with Gasteiger partial charge < -0.3 is 5.11 Å². The minimum atomic E-state index is -0.583. The summed E-state index contributed by atoms with van der Waals surface area (Å²) in [6, 6.07) is 10.1. The summed E-state index contributed by atoms with van der Waals surface area (Å²) in [6.07, 6.45) is 4.43. The van der Waals surface area contributed by atoms with Crippen molar-refractivity contribution >= 4 is 22.6 Å². The Balaban J connectivity index is 2.30. The first-order valence-corrected chi connectivity index (χ1v) is 6.40. The molecule has 1 nitrogen and oxygen atoms in total. The molecule has 1 aliphatic rings. The maximum atomic E-state index is 10.6. The Morgan fingerprint density at radius 3 is 2.57 bits per heavy atom. The Bertz CT molecular complexity index is 298. The summed E-state index contributed by atoms with van der Waals surface area (Å²) >= 11 is 2.39. The lowest BCUT2D eigenvalue weighted by molar-refractivity contribution is 0.0111. The number of rotatable bonds is 1. The molecule has 2 rings (SSSR count). The molecule has 2 atom stereocenters. The van der Waals surface area contributed by atoms with Crippen LogP contribution in [0.1, 0.15) is 31.2 Å². The molecule has 1 aromatic carbocycles. The van der Waals surface area contributed by atoms with Crippen molar-refractivity contribution in [2.45, 2.75) is 35.2 Å². The van der Waals surface area contributed by atoms with Crippen LogP contribution in [-0.2, 0) is 5.60 Å². The quantitative estimate of drug-likeness (QED) is 0.623. The second-order valence-corrected chi connectivity index (χ2v) is 5.51. The van der Waals surface area contributed by atoms with Crippen LogP contribution >= 0.6 is 22.6 Å². The normalized spacial score (nSPS) is 32.9. The van der Waals surface area contributed by atoms with Gasteiger partial charge in [0.15, 0.2) is 0 Å². The molecule has 0 radical (unpaired) electrons. The summed E-state index contributed by atoms with van der Waals surface area (Å²) in [5.41, 5.74) is 0.499. The Labute approximate surface area is 98.7 Å². The zero-order chi connectivity index (χ0) is 10.0. The Hall–Kier alpha value is -0.0900. The second kappa shape index (κ2) is 4.19. The van der Waals surface area contributed by atoms with Crippen molar-refractivity contribution in [3.05, 3.63) is 35.9 Å². The van der Waals surface area contributed by atoms with Gasteiger partial charge in [0, 0.05) is 3.92 Å². The molecule has 1 N–H and O–H groups in total. The summed E-state index contributed by atoms with van der Waals surface area (Å²) in [4.78, 5) is 0. The number of alkyl halides is 1. The zero-order valence-corrected chi connectivity index (χ0v) is 10.3. The fraction of sp³-hybridized carbons (Fsp3) is 0.500. The van der Waals surface area contributed by atoms with Crippen molar-refractivity contribution in [2.24, 2.45) is 0 Å². The zero-order valence-electron chi connectivity index (χ0n) is 8.12. The van der Waals surface area contributed by atoms with Gasteiger partial charge in [0.25, 0.3) is 0 Å². The average molecular weight is 302 g/mol. The lowest BCUT2D eigenvalue weighted by Gasteiger charge is -2.37. The minimum Gasteiger partial charge on any atom is -0.384 e. The third-order valence-electron chi connectivity index (χ3n) is 3.06. The molecule has 0 unspecified atom stereocenters. The highest BCUT2D eigenvalue weighted by Crippen LogP contribution is 2.41. The van der Waals surface area contributed by atoms with Crippen LogP contribution in [0.4, 0.5) is 0 Å². The van der Waals surface area contributed by atoms with E-state index >= 15 is 0 Å². The van der Waals surface area contributed by atoms with Gasteiger partial charge in [0.1, 0.15) is 5.60 Å². The predicted octanol–water partition coefficient (Wildman–Crippen LogP) is 3.25. The van der Waals surface area contributed by atoms with Crippen LogP contribution in [0, 0.1) is 0 Å². The van der Waals surface area contributed by atoms with Gasteiger partial charge in [0.2, 0.25) is 0 Å². The highest BCUT2D eigenvalue weighted by atomic mass is 127. The van der Waals surface area contributed by atoms with E-state index in [2.05, 4.69) is 22.6 Å². The van der Waals surface area contributed by atoms with E-state index in [0.717, 1.165) is 24.8 Å². The number of halogens is 1. The van der Waals surface area contributed by atoms with Gasteiger partial charge in [-0.05, 0) is 18.4 Å². The lowest BCUT2D eigenvalue weighted by atomic mass is 9.80. The fourth-order valence-corrected chi connectivity index (χ4v) is 3.28. The third-order valence-corrected chi connectivity index (χ3v) is 4.71. The molecule has 1 saturated carbocycles. The van der Waals surface area contributed by atoms with Gasteiger partial charge in [-0.2, -0.15) is 0 Å². The van der Waals surface area contributed by atoms with E-state index in [9.17, 15) is 5.11 Å². The molecule has 0 amide bonds. The van der Waals surface area contributed by atoms with E-state index in [0.29, 0.717) is 3.92 Å². The van der Waals surface area contributed by atoms with Crippen LogP contribution in [0.2, 0.25) is 0 Å². The van der Waals surface area contributed by atoms with Crippen LogP contribution < -0.4 is 0 Å². The van der Waals surface area contributed by atoms with Crippen LogP contribution in [-0.4, -0.2) is 9.03 Å². The van der Waals surface area contributed by atoms with Gasteiger partial charge in [0.05, 0.1) is 0 Å². The lowest BCUT2D eigenvalue weighted by Crippen LogP contribution is -2.38. The number of benzene rings is 1. The van der Waals surface area contributed by atoms with E-state index in [-0.39, 0.29) is 0 Å². The molecule has 0 spiro atoms. The monoisotopic (exact) mass is 302 g/mol. The second-order valence-electron chi connectivity index (χ2n) is 4.00. The summed E-state index contributed by atoms with van der Waals surface area (Å²) in [5.74, 6) is 0. The van der Waals surface area contributed by atoms with Crippen LogP contribution in [0.3, 0.4) is 0 Å². The number of aliphatic hydroxyl groups is 1. The molecule has 1 fully saturated rings. The van der Waals surface area contributed by atoms with Crippen molar-refractivity contribution in [3.8, 4) is 0 Å². The molecule has 0 saturated heterocycles. The highest BCUT2D eigenvalue weighted by Gasteiger charge is 2.38. The Morgan fingerprint density at radius 1 is 1.21 bits per heavy atom. The van der Waals surface area contributed by atoms with E-state index < -0.39 is 5.60 Å².